The maximum absolute atomic E-state index is 12.4. The number of carbonyl (C=O) groups is 3. The van der Waals surface area contributed by atoms with Gasteiger partial charge in [0, 0.05) is 30.5 Å². The van der Waals surface area contributed by atoms with E-state index in [9.17, 15) is 14.4 Å². The highest BCUT2D eigenvalue weighted by Crippen LogP contribution is 2.30. The predicted octanol–water partition coefficient (Wildman–Crippen LogP) is 3.83. The van der Waals surface area contributed by atoms with Gasteiger partial charge in [-0.05, 0) is 49.8 Å². The summed E-state index contributed by atoms with van der Waals surface area (Å²) in [6, 6.07) is 6.40. The molecule has 3 rings (SSSR count). The average molecular weight is 406 g/mol. The van der Waals surface area contributed by atoms with Crippen LogP contribution in [0.5, 0.6) is 0 Å². The quantitative estimate of drug-likeness (QED) is 0.563. The van der Waals surface area contributed by atoms with E-state index in [1.807, 2.05) is 24.5 Å². The summed E-state index contributed by atoms with van der Waals surface area (Å²) in [6.45, 7) is 3.76. The zero-order valence-electron chi connectivity index (χ0n) is 15.2. The third kappa shape index (κ3) is 3.15. The molecular formula is C19H17Cl2N3O3. The van der Waals surface area contributed by atoms with E-state index >= 15 is 0 Å². The highest BCUT2D eigenvalue weighted by Gasteiger charge is 2.38. The van der Waals surface area contributed by atoms with Crippen molar-refractivity contribution in [3.63, 3.8) is 0 Å². The van der Waals surface area contributed by atoms with Crippen LogP contribution >= 0.6 is 23.2 Å². The minimum Gasteiger partial charge on any atom is -0.316 e. The van der Waals surface area contributed by atoms with E-state index < -0.39 is 17.8 Å². The third-order valence-electron chi connectivity index (χ3n) is 4.56. The third-order valence-corrected chi connectivity index (χ3v) is 5.10. The Morgan fingerprint density at radius 3 is 2.07 bits per heavy atom. The van der Waals surface area contributed by atoms with Crippen LogP contribution in [0.4, 0.5) is 4.79 Å². The first kappa shape index (κ1) is 19.2. The topological polar surface area (TPSA) is 62.6 Å². The molecule has 1 saturated heterocycles. The molecule has 0 aliphatic carbocycles. The molecule has 1 fully saturated rings. The Labute approximate surface area is 166 Å². The van der Waals surface area contributed by atoms with Crippen molar-refractivity contribution in [3.8, 4) is 5.69 Å². The first-order valence-electron chi connectivity index (χ1n) is 8.09. The second kappa shape index (κ2) is 6.87. The number of imide groups is 2. The fourth-order valence-electron chi connectivity index (χ4n) is 3.10. The second-order valence-corrected chi connectivity index (χ2v) is 7.17. The first-order valence-corrected chi connectivity index (χ1v) is 8.85. The van der Waals surface area contributed by atoms with Crippen LogP contribution < -0.4 is 0 Å². The molecular weight excluding hydrogens is 389 g/mol. The van der Waals surface area contributed by atoms with Crippen LogP contribution in [0.25, 0.3) is 11.8 Å². The Balaban J connectivity index is 2.12. The minimum absolute atomic E-state index is 0.0675. The molecule has 0 unspecified atom stereocenters. The number of barbiturate groups is 1. The van der Waals surface area contributed by atoms with Gasteiger partial charge in [-0.1, -0.05) is 23.2 Å². The number of halogens is 2. The van der Waals surface area contributed by atoms with Crippen LogP contribution in [-0.4, -0.2) is 46.3 Å². The molecule has 0 spiro atoms. The number of aryl methyl sites for hydroxylation is 1. The molecule has 0 atom stereocenters. The largest absolute Gasteiger partial charge is 0.333 e. The van der Waals surface area contributed by atoms with E-state index in [0.29, 0.717) is 15.6 Å². The zero-order valence-corrected chi connectivity index (χ0v) is 16.7. The molecule has 0 saturated carbocycles. The number of rotatable bonds is 2. The van der Waals surface area contributed by atoms with Gasteiger partial charge >= 0.3 is 6.03 Å². The number of urea groups is 1. The normalized spacial score (nSPS) is 15.0. The zero-order chi connectivity index (χ0) is 20.0. The fourth-order valence-corrected chi connectivity index (χ4v) is 3.59. The first-order chi connectivity index (χ1) is 12.6. The molecule has 2 aromatic rings. The molecule has 27 heavy (non-hydrogen) atoms. The van der Waals surface area contributed by atoms with Crippen molar-refractivity contribution >= 4 is 47.1 Å². The van der Waals surface area contributed by atoms with Gasteiger partial charge < -0.3 is 4.57 Å². The van der Waals surface area contributed by atoms with Crippen molar-refractivity contribution in [1.29, 1.82) is 0 Å². The van der Waals surface area contributed by atoms with Crippen molar-refractivity contribution in [1.82, 2.24) is 14.4 Å². The summed E-state index contributed by atoms with van der Waals surface area (Å²) >= 11 is 12.3. The lowest BCUT2D eigenvalue weighted by Crippen LogP contribution is -2.52. The number of amides is 4. The van der Waals surface area contributed by atoms with Crippen LogP contribution in [0.2, 0.25) is 10.0 Å². The van der Waals surface area contributed by atoms with E-state index in [1.54, 1.807) is 18.2 Å². The standard InChI is InChI=1S/C19H17Cl2N3O3/c1-10-7-12(8-14-17(25)22(3)19(27)23(4)18(14)26)11(2)24(10)16-6-5-13(20)9-15(16)21/h5-9H,1-4H3. The molecule has 0 N–H and O–H groups in total. The number of hydrogen-bond acceptors (Lipinski definition) is 3. The van der Waals surface area contributed by atoms with Crippen molar-refractivity contribution < 1.29 is 14.4 Å². The van der Waals surface area contributed by atoms with Gasteiger partial charge in [0.15, 0.2) is 0 Å². The lowest BCUT2D eigenvalue weighted by molar-refractivity contribution is -0.134. The predicted molar refractivity (Wildman–Crippen MR) is 104 cm³/mol. The fraction of sp³-hybridized carbons (Fsp3) is 0.211. The van der Waals surface area contributed by atoms with Gasteiger partial charge in [0.1, 0.15) is 5.57 Å². The number of likely N-dealkylation sites (N-methyl/N-ethyl adjacent to an activating group) is 2. The SMILES string of the molecule is Cc1cc(C=C2C(=O)N(C)C(=O)N(C)C2=O)c(C)n1-c1ccc(Cl)cc1Cl. The maximum atomic E-state index is 12.4. The van der Waals surface area contributed by atoms with Gasteiger partial charge in [0.25, 0.3) is 11.8 Å². The summed E-state index contributed by atoms with van der Waals surface area (Å²) in [6.07, 6.45) is 1.51. The smallest absolute Gasteiger partial charge is 0.316 e. The van der Waals surface area contributed by atoms with E-state index in [1.165, 1.54) is 20.2 Å². The molecule has 4 amide bonds. The van der Waals surface area contributed by atoms with Gasteiger partial charge in [-0.3, -0.25) is 19.4 Å². The molecule has 1 aliphatic rings. The van der Waals surface area contributed by atoms with Crippen LogP contribution in [0.1, 0.15) is 17.0 Å². The number of aromatic nitrogens is 1. The summed E-state index contributed by atoms with van der Waals surface area (Å²) in [4.78, 5) is 38.5. The van der Waals surface area contributed by atoms with Crippen LogP contribution in [-0.2, 0) is 9.59 Å². The average Bonchev–Trinajstić information content (AvgIpc) is 2.89. The Morgan fingerprint density at radius 2 is 1.52 bits per heavy atom. The van der Waals surface area contributed by atoms with Gasteiger partial charge in [-0.15, -0.1) is 0 Å². The Hall–Kier alpha value is -2.57. The van der Waals surface area contributed by atoms with E-state index in [0.717, 1.165) is 26.9 Å². The minimum atomic E-state index is -0.652. The van der Waals surface area contributed by atoms with Crippen molar-refractivity contribution in [2.24, 2.45) is 0 Å². The molecule has 1 aromatic heterocycles. The molecule has 0 radical (unpaired) electrons. The monoisotopic (exact) mass is 405 g/mol. The molecule has 8 heteroatoms. The highest BCUT2D eigenvalue weighted by molar-refractivity contribution is 6.35. The molecule has 140 valence electrons. The summed E-state index contributed by atoms with van der Waals surface area (Å²) in [5, 5.41) is 1.01. The highest BCUT2D eigenvalue weighted by atomic mass is 35.5. The van der Waals surface area contributed by atoms with Gasteiger partial charge in [-0.25, -0.2) is 4.79 Å². The maximum Gasteiger partial charge on any atom is 0.333 e. The number of nitrogens with zero attached hydrogens (tertiary/aromatic N) is 3. The van der Waals surface area contributed by atoms with E-state index in [4.69, 9.17) is 23.2 Å². The number of carbonyl (C=O) groups excluding carboxylic acids is 3. The number of hydrogen-bond donors (Lipinski definition) is 0. The summed E-state index contributed by atoms with van der Waals surface area (Å²) in [5.41, 5.74) is 3.03. The Morgan fingerprint density at radius 1 is 0.926 bits per heavy atom. The lowest BCUT2D eigenvalue weighted by Gasteiger charge is -2.28. The van der Waals surface area contributed by atoms with Crippen molar-refractivity contribution in [3.05, 3.63) is 56.8 Å². The molecule has 1 aliphatic heterocycles. The molecule has 0 bridgehead atoms. The Kier molecular flexibility index (Phi) is 4.88. The summed E-state index contributed by atoms with van der Waals surface area (Å²) in [5.74, 6) is -1.25. The Bertz CT molecular complexity index is 997. The molecule has 6 nitrogen and oxygen atoms in total. The summed E-state index contributed by atoms with van der Waals surface area (Å²) < 4.78 is 1.92. The van der Waals surface area contributed by atoms with Crippen molar-refractivity contribution in [2.45, 2.75) is 13.8 Å². The summed E-state index contributed by atoms with van der Waals surface area (Å²) in [7, 11) is 2.69. The van der Waals surface area contributed by atoms with Crippen LogP contribution in [0.3, 0.4) is 0 Å². The van der Waals surface area contributed by atoms with Gasteiger partial charge in [0.2, 0.25) is 0 Å². The van der Waals surface area contributed by atoms with Crippen LogP contribution in [0.15, 0.2) is 29.8 Å². The number of benzene rings is 1. The van der Waals surface area contributed by atoms with Crippen LogP contribution in [0, 0.1) is 13.8 Å². The van der Waals surface area contributed by atoms with Crippen molar-refractivity contribution in [2.75, 3.05) is 14.1 Å². The van der Waals surface area contributed by atoms with Gasteiger partial charge in [0.05, 0.1) is 10.7 Å². The molecule has 1 aromatic carbocycles. The van der Waals surface area contributed by atoms with E-state index in [-0.39, 0.29) is 5.57 Å². The van der Waals surface area contributed by atoms with E-state index in [2.05, 4.69) is 0 Å². The lowest BCUT2D eigenvalue weighted by atomic mass is 10.1. The van der Waals surface area contributed by atoms with Gasteiger partial charge in [-0.2, -0.15) is 0 Å². The molecule has 2 heterocycles. The second-order valence-electron chi connectivity index (χ2n) is 6.33.